The van der Waals surface area contributed by atoms with Gasteiger partial charge in [-0.2, -0.15) is 0 Å². The Kier molecular flexibility index (Phi) is 7.43. The Morgan fingerprint density at radius 2 is 1.77 bits per heavy atom. The number of methoxy groups -OCH3 is 1. The molecule has 2 aromatic rings. The molecule has 3 rings (SSSR count). The van der Waals surface area contributed by atoms with E-state index < -0.39 is 17.0 Å². The van der Waals surface area contributed by atoms with Crippen molar-refractivity contribution in [3.05, 3.63) is 61.3 Å². The topological polar surface area (TPSA) is 114 Å². The number of halogens is 1. The summed E-state index contributed by atoms with van der Waals surface area (Å²) in [5.74, 6) is -0.516. The highest BCUT2D eigenvalue weighted by molar-refractivity contribution is 6.30. The van der Waals surface area contributed by atoms with Crippen molar-refractivity contribution >= 4 is 23.2 Å². The first kappa shape index (κ1) is 22.2. The fraction of sp³-hybridized carbons (Fsp3) is 0.450. The molecule has 1 saturated heterocycles. The third-order valence-electron chi connectivity index (χ3n) is 5.19. The summed E-state index contributed by atoms with van der Waals surface area (Å²) < 4.78 is 6.11. The van der Waals surface area contributed by atoms with Crippen LogP contribution in [0.2, 0.25) is 5.02 Å². The van der Waals surface area contributed by atoms with Crippen LogP contribution in [0.4, 0.5) is 5.82 Å². The number of rotatable bonds is 8. The second-order valence-electron chi connectivity index (χ2n) is 7.27. The summed E-state index contributed by atoms with van der Waals surface area (Å²) in [4.78, 5) is 43.4. The lowest BCUT2D eigenvalue weighted by Crippen LogP contribution is -2.48. The molecule has 0 spiro atoms. The van der Waals surface area contributed by atoms with Gasteiger partial charge >= 0.3 is 5.69 Å². The predicted molar refractivity (Wildman–Crippen MR) is 115 cm³/mol. The van der Waals surface area contributed by atoms with E-state index >= 15 is 0 Å². The average molecular weight is 436 g/mol. The average Bonchev–Trinajstić information content (AvgIpc) is 2.71. The van der Waals surface area contributed by atoms with Gasteiger partial charge in [-0.05, 0) is 17.7 Å². The summed E-state index contributed by atoms with van der Waals surface area (Å²) in [6, 6.07) is 7.76. The van der Waals surface area contributed by atoms with Gasteiger partial charge in [-0.3, -0.25) is 28.9 Å². The van der Waals surface area contributed by atoms with Gasteiger partial charge in [0, 0.05) is 44.9 Å². The maximum absolute atomic E-state index is 12.8. The van der Waals surface area contributed by atoms with Crippen LogP contribution in [0, 0.1) is 0 Å². The molecule has 0 aliphatic carbocycles. The second-order valence-corrected chi connectivity index (χ2v) is 7.70. The van der Waals surface area contributed by atoms with Crippen molar-refractivity contribution in [3.63, 3.8) is 0 Å². The molecule has 0 atom stereocenters. The molecule has 0 radical (unpaired) electrons. The summed E-state index contributed by atoms with van der Waals surface area (Å²) in [6.45, 7) is 4.27. The van der Waals surface area contributed by atoms with Crippen LogP contribution in [-0.4, -0.2) is 71.6 Å². The van der Waals surface area contributed by atoms with Crippen molar-refractivity contribution in [2.75, 3.05) is 52.2 Å². The van der Waals surface area contributed by atoms with Crippen molar-refractivity contribution in [1.29, 1.82) is 0 Å². The van der Waals surface area contributed by atoms with Gasteiger partial charge in [-0.25, -0.2) is 4.79 Å². The van der Waals surface area contributed by atoms with Crippen molar-refractivity contribution < 1.29 is 9.53 Å². The number of hydrogen-bond acceptors (Lipinski definition) is 7. The smallest absolute Gasteiger partial charge is 0.330 e. The van der Waals surface area contributed by atoms with E-state index in [0.717, 1.165) is 24.2 Å². The van der Waals surface area contributed by atoms with Gasteiger partial charge in [0.25, 0.3) is 5.56 Å². The predicted octanol–water partition coefficient (Wildman–Crippen LogP) is 0.419. The SMILES string of the molecule is COCCn1c(N)c(C(=O)CN2CCN(Cc3ccc(Cl)cc3)CC2)c(=O)[nH]c1=O. The van der Waals surface area contributed by atoms with Crippen molar-refractivity contribution in [2.24, 2.45) is 0 Å². The summed E-state index contributed by atoms with van der Waals surface area (Å²) >= 11 is 5.93. The van der Waals surface area contributed by atoms with Crippen molar-refractivity contribution in [1.82, 2.24) is 19.4 Å². The molecule has 3 N–H and O–H groups in total. The highest BCUT2D eigenvalue weighted by Crippen LogP contribution is 2.13. The lowest BCUT2D eigenvalue weighted by molar-refractivity contribution is 0.0842. The maximum atomic E-state index is 12.8. The molecule has 1 aromatic carbocycles. The minimum Gasteiger partial charge on any atom is -0.384 e. The van der Waals surface area contributed by atoms with Gasteiger partial charge in [0.2, 0.25) is 0 Å². The monoisotopic (exact) mass is 435 g/mol. The van der Waals surface area contributed by atoms with Gasteiger partial charge in [0.1, 0.15) is 11.4 Å². The normalized spacial score (nSPS) is 15.4. The zero-order valence-electron chi connectivity index (χ0n) is 16.9. The third kappa shape index (κ3) is 5.37. The van der Waals surface area contributed by atoms with Gasteiger partial charge in [-0.15, -0.1) is 0 Å². The Morgan fingerprint density at radius 3 is 2.40 bits per heavy atom. The Balaban J connectivity index is 1.61. The van der Waals surface area contributed by atoms with Crippen LogP contribution < -0.4 is 17.0 Å². The first-order valence-corrected chi connectivity index (χ1v) is 10.1. The number of nitrogens with zero attached hydrogens (tertiary/aromatic N) is 3. The van der Waals surface area contributed by atoms with Crippen LogP contribution in [0.1, 0.15) is 15.9 Å². The van der Waals surface area contributed by atoms with Crippen LogP contribution >= 0.6 is 11.6 Å². The summed E-state index contributed by atoms with van der Waals surface area (Å²) in [6.07, 6.45) is 0. The van der Waals surface area contributed by atoms with Gasteiger partial charge < -0.3 is 10.5 Å². The summed E-state index contributed by atoms with van der Waals surface area (Å²) in [5.41, 5.74) is 5.59. The van der Waals surface area contributed by atoms with Crippen molar-refractivity contribution in [3.8, 4) is 0 Å². The number of benzene rings is 1. The first-order chi connectivity index (χ1) is 14.4. The Morgan fingerprint density at radius 1 is 1.13 bits per heavy atom. The molecule has 0 bridgehead atoms. The fourth-order valence-corrected chi connectivity index (χ4v) is 3.62. The minimum atomic E-state index is -0.752. The van der Waals surface area contributed by atoms with Crippen LogP contribution in [0.5, 0.6) is 0 Å². The Bertz CT molecular complexity index is 994. The molecular weight excluding hydrogens is 410 g/mol. The lowest BCUT2D eigenvalue weighted by Gasteiger charge is -2.34. The van der Waals surface area contributed by atoms with Crippen LogP contribution in [0.25, 0.3) is 0 Å². The first-order valence-electron chi connectivity index (χ1n) is 9.73. The molecule has 30 heavy (non-hydrogen) atoms. The van der Waals surface area contributed by atoms with Gasteiger partial charge in [0.15, 0.2) is 5.78 Å². The van der Waals surface area contributed by atoms with E-state index in [4.69, 9.17) is 22.1 Å². The second kappa shape index (κ2) is 10.0. The highest BCUT2D eigenvalue weighted by atomic mass is 35.5. The third-order valence-corrected chi connectivity index (χ3v) is 5.44. The zero-order valence-corrected chi connectivity index (χ0v) is 17.7. The molecule has 162 valence electrons. The quantitative estimate of drug-likeness (QED) is 0.577. The van der Waals surface area contributed by atoms with Crippen LogP contribution in [-0.2, 0) is 17.8 Å². The number of nitrogens with one attached hydrogen (secondary N) is 1. The number of ether oxygens (including phenoxy) is 1. The van der Waals surface area contributed by atoms with E-state index in [1.54, 1.807) is 0 Å². The van der Waals surface area contributed by atoms with Gasteiger partial charge in [-0.1, -0.05) is 23.7 Å². The summed E-state index contributed by atoms with van der Waals surface area (Å²) in [5, 5.41) is 0.713. The number of nitrogen functional groups attached to an aromatic ring is 1. The number of H-pyrrole nitrogens is 1. The number of ketones is 1. The zero-order chi connectivity index (χ0) is 21.7. The number of piperazine rings is 1. The molecule has 10 heteroatoms. The highest BCUT2D eigenvalue weighted by Gasteiger charge is 2.24. The molecule has 0 saturated carbocycles. The Labute approximate surface area is 179 Å². The molecule has 9 nitrogen and oxygen atoms in total. The molecule has 0 amide bonds. The minimum absolute atomic E-state index is 0.0740. The molecule has 2 heterocycles. The van der Waals surface area contributed by atoms with E-state index in [9.17, 15) is 14.4 Å². The number of nitrogens with two attached hydrogens (primary N) is 1. The molecule has 1 aliphatic rings. The largest absolute Gasteiger partial charge is 0.384 e. The van der Waals surface area contributed by atoms with E-state index in [2.05, 4.69) is 9.88 Å². The molecule has 1 aromatic heterocycles. The molecule has 0 unspecified atom stereocenters. The lowest BCUT2D eigenvalue weighted by atomic mass is 10.1. The molecular formula is C20H26ClN5O4. The number of hydrogen-bond donors (Lipinski definition) is 2. The number of carbonyl (C=O) groups is 1. The van der Waals surface area contributed by atoms with E-state index in [-0.39, 0.29) is 31.1 Å². The summed E-state index contributed by atoms with van der Waals surface area (Å²) in [7, 11) is 1.49. The van der Waals surface area contributed by atoms with Crippen molar-refractivity contribution in [2.45, 2.75) is 13.1 Å². The van der Waals surface area contributed by atoms with Crippen LogP contribution in [0.15, 0.2) is 33.9 Å². The standard InChI is InChI=1S/C20H26ClN5O4/c1-30-11-10-26-18(22)17(19(28)23-20(26)29)16(27)13-25-8-6-24(7-9-25)12-14-2-4-15(21)5-3-14/h2-5H,6-13,22H2,1H3,(H,23,28,29). The van der Waals surface area contributed by atoms with E-state index in [0.29, 0.717) is 18.1 Å². The van der Waals surface area contributed by atoms with Crippen LogP contribution in [0.3, 0.4) is 0 Å². The number of aromatic nitrogens is 2. The molecule has 1 fully saturated rings. The fourth-order valence-electron chi connectivity index (χ4n) is 3.50. The number of carbonyl (C=O) groups excluding carboxylic acids is 1. The number of aromatic amines is 1. The van der Waals surface area contributed by atoms with E-state index in [1.165, 1.54) is 12.7 Å². The Hall–Kier alpha value is -2.46. The van der Waals surface area contributed by atoms with Gasteiger partial charge in [0.05, 0.1) is 19.7 Å². The number of anilines is 1. The van der Waals surface area contributed by atoms with E-state index in [1.807, 2.05) is 29.2 Å². The molecule has 1 aliphatic heterocycles. The maximum Gasteiger partial charge on any atom is 0.330 e. The number of Topliss-reactive ketones (excluding diaryl/α,β-unsaturated/α-hetero) is 1.